The molecule has 0 bridgehead atoms. The summed E-state index contributed by atoms with van der Waals surface area (Å²) in [6.07, 6.45) is 0.778. The summed E-state index contributed by atoms with van der Waals surface area (Å²) in [5, 5.41) is 3.99. The lowest BCUT2D eigenvalue weighted by atomic mass is 10.1. The van der Waals surface area contributed by atoms with Crippen LogP contribution in [0.25, 0.3) is 11.4 Å². The van der Waals surface area contributed by atoms with Gasteiger partial charge in [-0.1, -0.05) is 19.0 Å². The maximum atomic E-state index is 5.26. The van der Waals surface area contributed by atoms with E-state index in [0.29, 0.717) is 29.1 Å². The summed E-state index contributed by atoms with van der Waals surface area (Å²) >= 11 is 0. The van der Waals surface area contributed by atoms with Gasteiger partial charge in [0.25, 0.3) is 0 Å². The second-order valence-corrected chi connectivity index (χ2v) is 4.68. The van der Waals surface area contributed by atoms with Gasteiger partial charge >= 0.3 is 0 Å². The molecule has 0 aliphatic carbocycles. The van der Waals surface area contributed by atoms with E-state index in [1.807, 2.05) is 18.2 Å². The van der Waals surface area contributed by atoms with Gasteiger partial charge in [0.2, 0.25) is 11.7 Å². The normalized spacial score (nSPS) is 10.8. The third kappa shape index (κ3) is 3.05. The second kappa shape index (κ2) is 5.73. The zero-order valence-corrected chi connectivity index (χ0v) is 11.6. The molecule has 102 valence electrons. The Kier molecular flexibility index (Phi) is 4.04. The molecule has 0 unspecified atom stereocenters. The molecule has 1 aromatic heterocycles. The minimum atomic E-state index is 0.485. The van der Waals surface area contributed by atoms with Crippen LogP contribution in [0, 0.1) is 5.92 Å². The predicted octanol–water partition coefficient (Wildman–Crippen LogP) is 2.95. The first-order chi connectivity index (χ1) is 9.13. The molecule has 0 N–H and O–H groups in total. The topological polar surface area (TPSA) is 57.4 Å². The van der Waals surface area contributed by atoms with Gasteiger partial charge in [0, 0.05) is 12.0 Å². The molecule has 5 heteroatoms. The highest BCUT2D eigenvalue weighted by molar-refractivity contribution is 5.60. The smallest absolute Gasteiger partial charge is 0.227 e. The van der Waals surface area contributed by atoms with E-state index < -0.39 is 0 Å². The van der Waals surface area contributed by atoms with Gasteiger partial charge in [-0.05, 0) is 24.1 Å². The Morgan fingerprint density at radius 2 is 1.89 bits per heavy atom. The van der Waals surface area contributed by atoms with Crippen molar-refractivity contribution >= 4 is 0 Å². The van der Waals surface area contributed by atoms with Crippen LogP contribution in [0.15, 0.2) is 22.7 Å². The van der Waals surface area contributed by atoms with Gasteiger partial charge < -0.3 is 14.0 Å². The number of rotatable bonds is 5. The zero-order valence-electron chi connectivity index (χ0n) is 11.6. The molecular weight excluding hydrogens is 244 g/mol. The fraction of sp³-hybridized carbons (Fsp3) is 0.429. The molecule has 0 aliphatic rings. The van der Waals surface area contributed by atoms with Crippen molar-refractivity contribution in [1.82, 2.24) is 10.1 Å². The van der Waals surface area contributed by atoms with Gasteiger partial charge in [0.1, 0.15) is 0 Å². The van der Waals surface area contributed by atoms with Crippen molar-refractivity contribution in [2.75, 3.05) is 14.2 Å². The highest BCUT2D eigenvalue weighted by atomic mass is 16.5. The van der Waals surface area contributed by atoms with Crippen molar-refractivity contribution < 1.29 is 14.0 Å². The van der Waals surface area contributed by atoms with E-state index >= 15 is 0 Å². The highest BCUT2D eigenvalue weighted by Gasteiger charge is 2.12. The molecule has 2 aromatic rings. The maximum absolute atomic E-state index is 5.26. The van der Waals surface area contributed by atoms with Gasteiger partial charge in [0.15, 0.2) is 11.5 Å². The van der Waals surface area contributed by atoms with Crippen molar-refractivity contribution in [3.8, 4) is 22.9 Å². The van der Waals surface area contributed by atoms with Crippen LogP contribution in [-0.4, -0.2) is 24.4 Å². The van der Waals surface area contributed by atoms with Crippen LogP contribution in [-0.2, 0) is 6.42 Å². The van der Waals surface area contributed by atoms with Crippen LogP contribution in [0.4, 0.5) is 0 Å². The molecule has 19 heavy (non-hydrogen) atoms. The van der Waals surface area contributed by atoms with E-state index in [1.54, 1.807) is 14.2 Å². The van der Waals surface area contributed by atoms with Crippen LogP contribution >= 0.6 is 0 Å². The quantitative estimate of drug-likeness (QED) is 0.829. The molecule has 0 aliphatic heterocycles. The fourth-order valence-corrected chi connectivity index (χ4v) is 1.78. The van der Waals surface area contributed by atoms with Crippen molar-refractivity contribution in [1.29, 1.82) is 0 Å². The van der Waals surface area contributed by atoms with Crippen LogP contribution in [0.1, 0.15) is 19.7 Å². The summed E-state index contributed by atoms with van der Waals surface area (Å²) in [6.45, 7) is 4.22. The molecule has 0 saturated carbocycles. The van der Waals surface area contributed by atoms with Crippen LogP contribution < -0.4 is 9.47 Å². The van der Waals surface area contributed by atoms with Gasteiger partial charge in [-0.25, -0.2) is 0 Å². The number of nitrogens with zero attached hydrogens (tertiary/aromatic N) is 2. The van der Waals surface area contributed by atoms with E-state index in [4.69, 9.17) is 14.0 Å². The third-order valence-electron chi connectivity index (χ3n) is 2.69. The Balaban J connectivity index is 2.28. The van der Waals surface area contributed by atoms with Crippen molar-refractivity contribution in [3.63, 3.8) is 0 Å². The van der Waals surface area contributed by atoms with Crippen LogP contribution in [0.3, 0.4) is 0 Å². The summed E-state index contributed by atoms with van der Waals surface area (Å²) < 4.78 is 15.7. The largest absolute Gasteiger partial charge is 0.493 e. The monoisotopic (exact) mass is 262 g/mol. The molecule has 0 atom stereocenters. The Labute approximate surface area is 112 Å². The molecule has 0 fully saturated rings. The van der Waals surface area contributed by atoms with Crippen LogP contribution in [0.2, 0.25) is 0 Å². The third-order valence-corrected chi connectivity index (χ3v) is 2.69. The Morgan fingerprint density at radius 3 is 2.53 bits per heavy atom. The predicted molar refractivity (Wildman–Crippen MR) is 71.4 cm³/mol. The standard InChI is InChI=1S/C14H18N2O3/c1-9(2)7-13-15-14(16-19-13)10-5-6-11(17-3)12(8-10)18-4/h5-6,8-9H,7H2,1-4H3. The number of aromatic nitrogens is 2. The van der Waals surface area contributed by atoms with Gasteiger partial charge in [-0.15, -0.1) is 0 Å². The summed E-state index contributed by atoms with van der Waals surface area (Å²) in [5.41, 5.74) is 0.844. The maximum Gasteiger partial charge on any atom is 0.227 e. The van der Waals surface area contributed by atoms with Gasteiger partial charge in [-0.2, -0.15) is 4.98 Å². The molecule has 0 saturated heterocycles. The minimum absolute atomic E-state index is 0.485. The second-order valence-electron chi connectivity index (χ2n) is 4.68. The molecule has 2 rings (SSSR count). The van der Waals surface area contributed by atoms with E-state index in [2.05, 4.69) is 24.0 Å². The van der Waals surface area contributed by atoms with Gasteiger partial charge in [-0.3, -0.25) is 0 Å². The summed E-state index contributed by atoms with van der Waals surface area (Å²) in [5.74, 6) is 3.03. The lowest BCUT2D eigenvalue weighted by Gasteiger charge is -2.07. The number of ether oxygens (including phenoxy) is 2. The number of hydrogen-bond donors (Lipinski definition) is 0. The van der Waals surface area contributed by atoms with Crippen molar-refractivity contribution in [3.05, 3.63) is 24.1 Å². The van der Waals surface area contributed by atoms with Gasteiger partial charge in [0.05, 0.1) is 14.2 Å². The minimum Gasteiger partial charge on any atom is -0.493 e. The summed E-state index contributed by atoms with van der Waals surface area (Å²) in [7, 11) is 3.20. The van der Waals surface area contributed by atoms with E-state index in [1.165, 1.54) is 0 Å². The first-order valence-corrected chi connectivity index (χ1v) is 6.19. The Hall–Kier alpha value is -2.04. The van der Waals surface area contributed by atoms with E-state index in [9.17, 15) is 0 Å². The lowest BCUT2D eigenvalue weighted by molar-refractivity contribution is 0.355. The van der Waals surface area contributed by atoms with Crippen LogP contribution in [0.5, 0.6) is 11.5 Å². The average Bonchev–Trinajstić information content (AvgIpc) is 2.85. The van der Waals surface area contributed by atoms with Crippen molar-refractivity contribution in [2.24, 2.45) is 5.92 Å². The molecule has 0 spiro atoms. The highest BCUT2D eigenvalue weighted by Crippen LogP contribution is 2.31. The Bertz CT molecular complexity index is 549. The average molecular weight is 262 g/mol. The molecule has 0 amide bonds. The van der Waals surface area contributed by atoms with Crippen molar-refractivity contribution in [2.45, 2.75) is 20.3 Å². The molecule has 5 nitrogen and oxygen atoms in total. The molecular formula is C14H18N2O3. The lowest BCUT2D eigenvalue weighted by Crippen LogP contribution is -1.94. The summed E-state index contributed by atoms with van der Waals surface area (Å²) in [4.78, 5) is 4.38. The van der Waals surface area contributed by atoms with E-state index in [-0.39, 0.29) is 0 Å². The molecule has 0 radical (unpaired) electrons. The fourth-order valence-electron chi connectivity index (χ4n) is 1.78. The summed E-state index contributed by atoms with van der Waals surface area (Å²) in [6, 6.07) is 5.54. The number of benzene rings is 1. The number of methoxy groups -OCH3 is 2. The number of hydrogen-bond acceptors (Lipinski definition) is 5. The zero-order chi connectivity index (χ0) is 13.8. The first kappa shape index (κ1) is 13.4. The Morgan fingerprint density at radius 1 is 1.16 bits per heavy atom. The molecule has 1 heterocycles. The van der Waals surface area contributed by atoms with E-state index in [0.717, 1.165) is 12.0 Å². The SMILES string of the molecule is COc1ccc(-c2noc(CC(C)C)n2)cc1OC. The molecule has 1 aromatic carbocycles. The first-order valence-electron chi connectivity index (χ1n) is 6.19.